The zero-order valence-electron chi connectivity index (χ0n) is 19.3. The summed E-state index contributed by atoms with van der Waals surface area (Å²) in [7, 11) is 0. The fourth-order valence-electron chi connectivity index (χ4n) is 5.80. The second-order valence-electron chi connectivity index (χ2n) is 9.89. The Bertz CT molecular complexity index is 1050. The van der Waals surface area contributed by atoms with Crippen molar-refractivity contribution < 1.29 is 14.3 Å². The summed E-state index contributed by atoms with van der Waals surface area (Å²) in [6.45, 7) is 4.43. The Hall–Kier alpha value is -2.51. The molecule has 1 saturated heterocycles. The van der Waals surface area contributed by atoms with E-state index in [0.717, 1.165) is 61.8 Å². The van der Waals surface area contributed by atoms with Gasteiger partial charge < -0.3 is 15.7 Å². The van der Waals surface area contributed by atoms with Crippen LogP contribution in [-0.4, -0.2) is 57.1 Å². The Balaban J connectivity index is 1.42. The molecule has 2 aromatic rings. The largest absolute Gasteiger partial charge is 0.393 e. The van der Waals surface area contributed by atoms with E-state index in [4.69, 9.17) is 5.73 Å². The summed E-state index contributed by atoms with van der Waals surface area (Å²) in [5, 5.41) is 9.82. The first-order valence-corrected chi connectivity index (χ1v) is 12.2. The lowest BCUT2D eigenvalue weighted by Gasteiger charge is -2.39. The number of benzene rings is 1. The van der Waals surface area contributed by atoms with E-state index in [0.29, 0.717) is 36.7 Å². The van der Waals surface area contributed by atoms with Gasteiger partial charge in [-0.3, -0.25) is 9.69 Å². The van der Waals surface area contributed by atoms with Gasteiger partial charge in [-0.2, -0.15) is 0 Å². The smallest absolute Gasteiger partial charge is 0.258 e. The number of aliphatic hydroxyl groups is 1. The molecule has 7 heteroatoms. The van der Waals surface area contributed by atoms with Crippen LogP contribution in [0.4, 0.5) is 10.2 Å². The summed E-state index contributed by atoms with van der Waals surface area (Å²) >= 11 is 0. The van der Waals surface area contributed by atoms with E-state index in [1.54, 1.807) is 12.3 Å². The predicted molar refractivity (Wildman–Crippen MR) is 126 cm³/mol. The first kappa shape index (κ1) is 22.3. The molecule has 1 atom stereocenters. The van der Waals surface area contributed by atoms with E-state index in [-0.39, 0.29) is 29.7 Å². The third kappa shape index (κ3) is 4.24. The van der Waals surface area contributed by atoms with E-state index in [2.05, 4.69) is 16.8 Å². The van der Waals surface area contributed by atoms with Crippen LogP contribution in [-0.2, 0) is 13.0 Å². The van der Waals surface area contributed by atoms with Crippen molar-refractivity contribution in [2.45, 2.75) is 76.6 Å². The number of anilines is 1. The number of carbonyl (C=O) groups excluding carboxylic acids is 1. The van der Waals surface area contributed by atoms with Gasteiger partial charge in [-0.25, -0.2) is 9.37 Å². The maximum absolute atomic E-state index is 15.1. The maximum atomic E-state index is 15.1. The Morgan fingerprint density at radius 1 is 1.18 bits per heavy atom. The van der Waals surface area contributed by atoms with Gasteiger partial charge in [0.25, 0.3) is 5.91 Å². The van der Waals surface area contributed by atoms with Crippen molar-refractivity contribution in [2.24, 2.45) is 0 Å². The van der Waals surface area contributed by atoms with Crippen LogP contribution >= 0.6 is 0 Å². The van der Waals surface area contributed by atoms with E-state index < -0.39 is 0 Å². The molecular formula is C26H33FN4O2. The Kier molecular flexibility index (Phi) is 6.10. The first-order chi connectivity index (χ1) is 15.9. The van der Waals surface area contributed by atoms with Gasteiger partial charge in [0.2, 0.25) is 0 Å². The highest BCUT2D eigenvalue weighted by atomic mass is 19.1. The summed E-state index contributed by atoms with van der Waals surface area (Å²) < 4.78 is 15.1. The number of hydrogen-bond donors (Lipinski definition) is 2. The second kappa shape index (κ2) is 9.03. The van der Waals surface area contributed by atoms with Crippen molar-refractivity contribution >= 4 is 11.7 Å². The van der Waals surface area contributed by atoms with Gasteiger partial charge in [-0.1, -0.05) is 12.1 Å². The summed E-state index contributed by atoms with van der Waals surface area (Å²) in [6.07, 6.45) is 7.44. The van der Waals surface area contributed by atoms with Crippen LogP contribution in [0.2, 0.25) is 0 Å². The molecule has 3 heterocycles. The van der Waals surface area contributed by atoms with Gasteiger partial charge in [0.1, 0.15) is 11.6 Å². The average Bonchev–Trinajstić information content (AvgIpc) is 3.21. The average molecular weight is 453 g/mol. The first-order valence-electron chi connectivity index (χ1n) is 12.2. The summed E-state index contributed by atoms with van der Waals surface area (Å²) in [6, 6.07) is 5.98. The van der Waals surface area contributed by atoms with Gasteiger partial charge in [0, 0.05) is 42.5 Å². The van der Waals surface area contributed by atoms with Crippen molar-refractivity contribution in [3.8, 4) is 11.1 Å². The fourth-order valence-corrected chi connectivity index (χ4v) is 5.80. The SMILES string of the molecule is C[C@@H]1CCCN1Cc1ccc(-c2cnc(N)c3c2CCN(C2CCC(O)CC2)C3=O)cc1F. The molecule has 1 amide bonds. The molecule has 2 aliphatic heterocycles. The summed E-state index contributed by atoms with van der Waals surface area (Å²) in [4.78, 5) is 21.9. The maximum Gasteiger partial charge on any atom is 0.258 e. The molecule has 0 radical (unpaired) electrons. The standard InChI is InChI=1S/C26H33FN4O2/c1-16-3-2-11-30(16)15-18-5-4-17(13-23(18)27)22-14-29-25(28)24-21(22)10-12-31(26(24)33)19-6-8-20(32)9-7-19/h4-5,13-14,16,19-20,32H,2-3,6-12,15H2,1H3,(H2,28,29)/t16-,19?,20?/m1/s1. The zero-order chi connectivity index (χ0) is 23.1. The number of halogens is 1. The van der Waals surface area contributed by atoms with E-state index >= 15 is 4.39 Å². The van der Waals surface area contributed by atoms with Crippen molar-refractivity contribution in [2.75, 3.05) is 18.8 Å². The van der Waals surface area contributed by atoms with Gasteiger partial charge in [0.05, 0.1) is 11.7 Å². The number of likely N-dealkylation sites (tertiary alicyclic amines) is 1. The van der Waals surface area contributed by atoms with Gasteiger partial charge in [-0.05, 0) is 75.6 Å². The number of fused-ring (bicyclic) bond motifs is 1. The van der Waals surface area contributed by atoms with Crippen LogP contribution in [0.15, 0.2) is 24.4 Å². The molecule has 1 aromatic heterocycles. The Morgan fingerprint density at radius 2 is 1.97 bits per heavy atom. The van der Waals surface area contributed by atoms with Gasteiger partial charge in [0.15, 0.2) is 0 Å². The van der Waals surface area contributed by atoms with Crippen LogP contribution in [0.5, 0.6) is 0 Å². The number of hydrogen-bond acceptors (Lipinski definition) is 5. The zero-order valence-corrected chi connectivity index (χ0v) is 19.3. The Morgan fingerprint density at radius 3 is 2.67 bits per heavy atom. The van der Waals surface area contributed by atoms with Crippen LogP contribution in [0.25, 0.3) is 11.1 Å². The third-order valence-corrected chi connectivity index (χ3v) is 7.83. The van der Waals surface area contributed by atoms with Crippen molar-refractivity contribution in [1.82, 2.24) is 14.8 Å². The van der Waals surface area contributed by atoms with Crippen LogP contribution in [0, 0.1) is 5.82 Å². The van der Waals surface area contributed by atoms with E-state index in [9.17, 15) is 9.90 Å². The van der Waals surface area contributed by atoms with Crippen LogP contribution in [0.3, 0.4) is 0 Å². The number of nitrogen functional groups attached to an aromatic ring is 1. The minimum atomic E-state index is -0.265. The molecular weight excluding hydrogens is 419 g/mol. The van der Waals surface area contributed by atoms with Crippen LogP contribution < -0.4 is 5.73 Å². The topological polar surface area (TPSA) is 82.7 Å². The van der Waals surface area contributed by atoms with Gasteiger partial charge >= 0.3 is 0 Å². The highest BCUT2D eigenvalue weighted by molar-refractivity contribution is 6.02. The van der Waals surface area contributed by atoms with Crippen LogP contribution in [0.1, 0.15) is 66.9 Å². The third-order valence-electron chi connectivity index (χ3n) is 7.83. The number of pyridine rings is 1. The highest BCUT2D eigenvalue weighted by Gasteiger charge is 2.35. The Labute approximate surface area is 194 Å². The molecule has 176 valence electrons. The molecule has 6 nitrogen and oxygen atoms in total. The van der Waals surface area contributed by atoms with Crippen molar-refractivity contribution in [1.29, 1.82) is 0 Å². The number of nitrogens with two attached hydrogens (primary N) is 1. The molecule has 0 unspecified atom stereocenters. The van der Waals surface area contributed by atoms with Gasteiger partial charge in [-0.15, -0.1) is 0 Å². The van der Waals surface area contributed by atoms with E-state index in [1.807, 2.05) is 17.0 Å². The van der Waals surface area contributed by atoms with Crippen molar-refractivity contribution in [3.05, 3.63) is 46.9 Å². The summed E-state index contributed by atoms with van der Waals surface area (Å²) in [5.41, 5.74) is 9.71. The quantitative estimate of drug-likeness (QED) is 0.738. The monoisotopic (exact) mass is 452 g/mol. The number of rotatable bonds is 4. The number of carbonyl (C=O) groups is 1. The molecule has 2 fully saturated rings. The number of amides is 1. The lowest BCUT2D eigenvalue weighted by Crippen LogP contribution is -2.47. The minimum absolute atomic E-state index is 0.0930. The second-order valence-corrected chi connectivity index (χ2v) is 9.89. The molecule has 1 aromatic carbocycles. The minimum Gasteiger partial charge on any atom is -0.393 e. The van der Waals surface area contributed by atoms with E-state index in [1.165, 1.54) is 0 Å². The predicted octanol–water partition coefficient (Wildman–Crippen LogP) is 3.76. The lowest BCUT2D eigenvalue weighted by atomic mass is 9.87. The molecule has 5 rings (SSSR count). The summed E-state index contributed by atoms with van der Waals surface area (Å²) in [5.74, 6) is -0.0780. The number of aromatic nitrogens is 1. The fraction of sp³-hybridized carbons (Fsp3) is 0.538. The number of nitrogens with zero attached hydrogens (tertiary/aromatic N) is 3. The normalized spacial score (nSPS) is 26.0. The highest BCUT2D eigenvalue weighted by Crippen LogP contribution is 2.35. The molecule has 1 aliphatic carbocycles. The molecule has 3 N–H and O–H groups in total. The number of aliphatic hydroxyl groups excluding tert-OH is 1. The lowest BCUT2D eigenvalue weighted by molar-refractivity contribution is 0.0481. The molecule has 33 heavy (non-hydrogen) atoms. The molecule has 3 aliphatic rings. The molecule has 1 saturated carbocycles. The molecule has 0 bridgehead atoms. The molecule has 0 spiro atoms. The van der Waals surface area contributed by atoms with Crippen molar-refractivity contribution in [3.63, 3.8) is 0 Å².